The van der Waals surface area contributed by atoms with E-state index in [0.29, 0.717) is 24.5 Å². The molecule has 0 heterocycles. The molecule has 188 valence electrons. The van der Waals surface area contributed by atoms with Gasteiger partial charge in [0.1, 0.15) is 17.1 Å². The molecule has 1 aliphatic carbocycles. The fourth-order valence-corrected chi connectivity index (χ4v) is 3.81. The Morgan fingerprint density at radius 2 is 1.36 bits per heavy atom. The molecule has 3 aromatic rings. The van der Waals surface area contributed by atoms with Crippen molar-refractivity contribution in [2.24, 2.45) is 0 Å². The Labute approximate surface area is 214 Å². The van der Waals surface area contributed by atoms with Crippen LogP contribution in [0.2, 0.25) is 0 Å². The van der Waals surface area contributed by atoms with Gasteiger partial charge < -0.3 is 21.1 Å². The molecule has 36 heavy (non-hydrogen) atoms. The first-order valence-electron chi connectivity index (χ1n) is 11.7. The number of fused-ring (bicyclic) bond motifs is 1. The highest BCUT2D eigenvalue weighted by Gasteiger charge is 2.20. The summed E-state index contributed by atoms with van der Waals surface area (Å²) in [5.74, 6) is 0.253. The van der Waals surface area contributed by atoms with Crippen LogP contribution in [0.1, 0.15) is 29.5 Å². The molecule has 0 aromatic heterocycles. The summed E-state index contributed by atoms with van der Waals surface area (Å²) in [6, 6.07) is 15.5. The van der Waals surface area contributed by atoms with E-state index in [1.807, 2.05) is 32.3 Å². The molecule has 6 heteroatoms. The molecule has 0 spiro atoms. The van der Waals surface area contributed by atoms with E-state index in [-0.39, 0.29) is 5.75 Å². The third kappa shape index (κ3) is 8.20. The van der Waals surface area contributed by atoms with Gasteiger partial charge >= 0.3 is 0 Å². The van der Waals surface area contributed by atoms with Crippen LogP contribution in [0.5, 0.6) is 5.75 Å². The highest BCUT2D eigenvalue weighted by atomic mass is 16.3. The van der Waals surface area contributed by atoms with Crippen LogP contribution in [0.15, 0.2) is 64.2 Å². The van der Waals surface area contributed by atoms with Crippen molar-refractivity contribution in [1.29, 1.82) is 0 Å². The average Bonchev–Trinajstić information content (AvgIpc) is 3.34. The van der Waals surface area contributed by atoms with Gasteiger partial charge in [0.2, 0.25) is 0 Å². The van der Waals surface area contributed by atoms with E-state index in [1.54, 1.807) is 12.1 Å². The van der Waals surface area contributed by atoms with Crippen molar-refractivity contribution in [2.75, 3.05) is 37.8 Å². The zero-order chi connectivity index (χ0) is 26.9. The lowest BCUT2D eigenvalue weighted by Gasteiger charge is -2.15. The van der Waals surface area contributed by atoms with E-state index in [9.17, 15) is 14.7 Å². The molecule has 1 aliphatic rings. The van der Waals surface area contributed by atoms with Crippen molar-refractivity contribution >= 4 is 16.9 Å². The zero-order valence-electron chi connectivity index (χ0n) is 21.0. The predicted molar refractivity (Wildman–Crippen MR) is 152 cm³/mol. The maximum absolute atomic E-state index is 11.9. The Balaban J connectivity index is 0.000000844. The fraction of sp³-hybridized carbons (Fsp3) is 0.267. The van der Waals surface area contributed by atoms with Crippen molar-refractivity contribution < 1.29 is 5.11 Å². The number of aromatic hydroxyl groups is 1. The maximum atomic E-state index is 11.9. The number of hydrogen-bond acceptors (Lipinski definition) is 6. The number of phenols is 1. The molecule has 4 N–H and O–H groups in total. The van der Waals surface area contributed by atoms with E-state index in [2.05, 4.69) is 65.9 Å². The van der Waals surface area contributed by atoms with Gasteiger partial charge in [-0.1, -0.05) is 42.5 Å². The zero-order valence-corrected chi connectivity index (χ0v) is 21.0. The second-order valence-corrected chi connectivity index (χ2v) is 7.87. The third-order valence-electron chi connectivity index (χ3n) is 5.42. The first kappa shape index (κ1) is 29.8. The first-order valence-corrected chi connectivity index (χ1v) is 11.7. The molecule has 4 rings (SSSR count). The smallest absolute Gasteiger partial charge is 0.253 e. The predicted octanol–water partition coefficient (Wildman–Crippen LogP) is 3.81. The van der Waals surface area contributed by atoms with Gasteiger partial charge in [0.05, 0.1) is 0 Å². The molecule has 0 unspecified atom stereocenters. The van der Waals surface area contributed by atoms with E-state index < -0.39 is 10.9 Å². The highest BCUT2D eigenvalue weighted by molar-refractivity contribution is 5.76. The van der Waals surface area contributed by atoms with E-state index >= 15 is 0 Å². The van der Waals surface area contributed by atoms with Gasteiger partial charge in [-0.25, -0.2) is 0 Å². The number of nitrogens with one attached hydrogen (secondary N) is 3. The SMILES string of the molecule is C#C.C#C.CNC.O=c1c(NCCCc2ccc(O)cc2)c(NCCC2=CCc3ccccc32)c1=O. The van der Waals surface area contributed by atoms with Gasteiger partial charge in [-0.05, 0) is 74.2 Å². The molecular weight excluding hydrogens is 450 g/mol. The molecule has 6 nitrogen and oxygen atoms in total. The molecule has 0 atom stereocenters. The monoisotopic (exact) mass is 485 g/mol. The summed E-state index contributed by atoms with van der Waals surface area (Å²) in [6.07, 6.45) is 21.7. The summed E-state index contributed by atoms with van der Waals surface area (Å²) in [4.78, 5) is 23.8. The van der Waals surface area contributed by atoms with E-state index in [0.717, 1.165) is 31.2 Å². The minimum atomic E-state index is -0.442. The summed E-state index contributed by atoms with van der Waals surface area (Å²) >= 11 is 0. The lowest BCUT2D eigenvalue weighted by atomic mass is 10.0. The molecule has 0 saturated carbocycles. The minimum Gasteiger partial charge on any atom is -0.508 e. The second kappa shape index (κ2) is 16.4. The molecule has 0 bridgehead atoms. The van der Waals surface area contributed by atoms with Crippen molar-refractivity contribution in [3.63, 3.8) is 0 Å². The molecule has 0 fully saturated rings. The Morgan fingerprint density at radius 1 is 0.806 bits per heavy atom. The van der Waals surface area contributed by atoms with E-state index in [4.69, 9.17) is 0 Å². The number of allylic oxidation sites excluding steroid dienone is 1. The second-order valence-electron chi connectivity index (χ2n) is 7.87. The van der Waals surface area contributed by atoms with Gasteiger partial charge in [0, 0.05) is 13.1 Å². The van der Waals surface area contributed by atoms with Gasteiger partial charge in [-0.15, -0.1) is 25.7 Å². The molecule has 3 aromatic carbocycles. The van der Waals surface area contributed by atoms with Crippen LogP contribution in [0.4, 0.5) is 11.4 Å². The van der Waals surface area contributed by atoms with Gasteiger partial charge in [0.15, 0.2) is 0 Å². The molecule has 0 aliphatic heterocycles. The Kier molecular flexibility index (Phi) is 13.5. The molecule has 0 radical (unpaired) electrons. The Hall–Kier alpha value is -4.26. The molecular formula is C30H35N3O3. The normalized spacial score (nSPS) is 10.8. The maximum Gasteiger partial charge on any atom is 0.253 e. The van der Waals surface area contributed by atoms with Crippen LogP contribution >= 0.6 is 0 Å². The van der Waals surface area contributed by atoms with Crippen molar-refractivity contribution in [3.05, 3.63) is 91.7 Å². The summed E-state index contributed by atoms with van der Waals surface area (Å²) in [5.41, 5.74) is 4.97. The summed E-state index contributed by atoms with van der Waals surface area (Å²) < 4.78 is 0. The number of terminal acetylenes is 2. The summed E-state index contributed by atoms with van der Waals surface area (Å²) in [5, 5.41) is 18.3. The topological polar surface area (TPSA) is 90.5 Å². The van der Waals surface area contributed by atoms with E-state index in [1.165, 1.54) is 16.7 Å². The van der Waals surface area contributed by atoms with Crippen LogP contribution in [0, 0.1) is 25.7 Å². The number of rotatable bonds is 9. The van der Waals surface area contributed by atoms with Crippen LogP contribution in [0.25, 0.3) is 5.57 Å². The van der Waals surface area contributed by atoms with Crippen molar-refractivity contribution in [1.82, 2.24) is 5.32 Å². The lowest BCUT2D eigenvalue weighted by Crippen LogP contribution is -2.37. The number of phenolic OH excluding ortho intramolecular Hbond substituents is 1. The standard InChI is InChI=1S/C24H24N2O3.C2H7N.2C2H2/c27-19-11-7-16(8-12-19)4-3-14-25-21-22(24(29)23(21)28)26-15-13-18-10-9-17-5-1-2-6-20(17)18;1-3-2;2*1-2/h1-2,5-8,10-12,25-27H,3-4,9,13-15H2;3H,1-2H3;2*1-2H. The first-order chi connectivity index (χ1) is 17.5. The Morgan fingerprint density at radius 3 is 1.97 bits per heavy atom. The fourth-order valence-electron chi connectivity index (χ4n) is 3.81. The summed E-state index contributed by atoms with van der Waals surface area (Å²) in [6.45, 7) is 1.23. The molecule has 0 saturated heterocycles. The average molecular weight is 486 g/mol. The van der Waals surface area contributed by atoms with Gasteiger partial charge in [-0.2, -0.15) is 0 Å². The van der Waals surface area contributed by atoms with Crippen LogP contribution < -0.4 is 26.8 Å². The van der Waals surface area contributed by atoms with Crippen LogP contribution in [0.3, 0.4) is 0 Å². The number of aryl methyl sites for hydroxylation is 1. The van der Waals surface area contributed by atoms with Crippen molar-refractivity contribution in [3.8, 4) is 31.4 Å². The number of anilines is 2. The number of hydrogen-bond donors (Lipinski definition) is 4. The Bertz CT molecular complexity index is 1210. The van der Waals surface area contributed by atoms with Crippen LogP contribution in [-0.4, -0.2) is 32.3 Å². The minimum absolute atomic E-state index is 0.253. The van der Waals surface area contributed by atoms with Gasteiger partial charge in [-0.3, -0.25) is 9.59 Å². The number of benzene rings is 2. The largest absolute Gasteiger partial charge is 0.508 e. The van der Waals surface area contributed by atoms with Crippen LogP contribution in [-0.2, 0) is 12.8 Å². The highest BCUT2D eigenvalue weighted by Crippen LogP contribution is 2.29. The van der Waals surface area contributed by atoms with Gasteiger partial charge in [0.25, 0.3) is 10.9 Å². The lowest BCUT2D eigenvalue weighted by molar-refractivity contribution is 0.475. The third-order valence-corrected chi connectivity index (χ3v) is 5.42. The molecule has 0 amide bonds. The quantitative estimate of drug-likeness (QED) is 0.209. The van der Waals surface area contributed by atoms with Crippen molar-refractivity contribution in [2.45, 2.75) is 25.7 Å². The summed E-state index contributed by atoms with van der Waals surface area (Å²) in [7, 11) is 3.75.